The van der Waals surface area contributed by atoms with E-state index in [9.17, 15) is 10.0 Å². The van der Waals surface area contributed by atoms with Gasteiger partial charge in [-0.15, -0.1) is 0 Å². The van der Waals surface area contributed by atoms with Gasteiger partial charge in [0.1, 0.15) is 5.92 Å². The number of fused-ring (bicyclic) bond motifs is 1. The summed E-state index contributed by atoms with van der Waals surface area (Å²) in [5.41, 5.74) is 2.94. The van der Waals surface area contributed by atoms with E-state index in [1.54, 1.807) is 18.3 Å². The lowest BCUT2D eigenvalue weighted by molar-refractivity contribution is -0.165. The van der Waals surface area contributed by atoms with Crippen LogP contribution in [-0.4, -0.2) is 58.4 Å². The second-order valence-electron chi connectivity index (χ2n) is 6.76. The highest BCUT2D eigenvalue weighted by Crippen LogP contribution is 2.40. The second kappa shape index (κ2) is 7.00. The molecule has 0 aromatic carbocycles. The van der Waals surface area contributed by atoms with Crippen molar-refractivity contribution >= 4 is 5.91 Å². The highest BCUT2D eigenvalue weighted by molar-refractivity contribution is 5.90. The normalized spacial score (nSPS) is 26.2. The van der Waals surface area contributed by atoms with Crippen LogP contribution in [0.4, 0.5) is 0 Å². The van der Waals surface area contributed by atoms with Gasteiger partial charge in [0.15, 0.2) is 0 Å². The molecule has 0 bridgehead atoms. The van der Waals surface area contributed by atoms with E-state index in [4.69, 9.17) is 10.00 Å². The number of hydroxylamine groups is 2. The number of carbonyl (C=O) groups is 1. The van der Waals surface area contributed by atoms with E-state index in [1.165, 1.54) is 0 Å². The maximum Gasteiger partial charge on any atom is 0.259 e. The summed E-state index contributed by atoms with van der Waals surface area (Å²) < 4.78 is 5.36. The molecule has 1 aromatic heterocycles. The van der Waals surface area contributed by atoms with Gasteiger partial charge in [0, 0.05) is 31.4 Å². The number of carbonyl (C=O) groups excluding carboxylic acids is 1. The lowest BCUT2D eigenvalue weighted by Crippen LogP contribution is -2.35. The van der Waals surface area contributed by atoms with Crippen LogP contribution in [0.15, 0.2) is 41.6 Å². The van der Waals surface area contributed by atoms with Crippen molar-refractivity contribution in [3.63, 3.8) is 0 Å². The summed E-state index contributed by atoms with van der Waals surface area (Å²) in [4.78, 5) is 19.3. The Kier molecular flexibility index (Phi) is 4.55. The van der Waals surface area contributed by atoms with Crippen molar-refractivity contribution in [2.45, 2.75) is 24.9 Å². The number of nitrogens with zero attached hydrogens (tertiary/aromatic N) is 4. The molecule has 4 rings (SSSR count). The zero-order valence-electron chi connectivity index (χ0n) is 14.3. The van der Waals surface area contributed by atoms with E-state index in [1.807, 2.05) is 12.1 Å². The van der Waals surface area contributed by atoms with Crippen LogP contribution in [0, 0.1) is 11.3 Å². The lowest BCUT2D eigenvalue weighted by Gasteiger charge is -2.26. The molecule has 2 unspecified atom stereocenters. The quantitative estimate of drug-likeness (QED) is 0.827. The van der Waals surface area contributed by atoms with Crippen LogP contribution in [0.25, 0.3) is 0 Å². The standard InChI is InChI=1S/C19H20N4O3/c20-10-13-2-4-17-15(9-13)18(19(24)23(17)25)16-3-1-14(11-21-16)12-22-5-7-26-8-6-22/h1-3,9,11,17-18,25H,4-8,12H2. The van der Waals surface area contributed by atoms with Crippen LogP contribution < -0.4 is 0 Å². The first-order chi connectivity index (χ1) is 12.7. The molecule has 0 radical (unpaired) electrons. The average molecular weight is 352 g/mol. The number of ether oxygens (including phenoxy) is 1. The Morgan fingerprint density at radius 1 is 1.35 bits per heavy atom. The maximum absolute atomic E-state index is 12.5. The first-order valence-electron chi connectivity index (χ1n) is 8.76. The molecule has 1 N–H and O–H groups in total. The molecule has 1 aliphatic carbocycles. The summed E-state index contributed by atoms with van der Waals surface area (Å²) in [7, 11) is 0. The molecular formula is C19H20N4O3. The van der Waals surface area contributed by atoms with E-state index in [0.717, 1.165) is 49.0 Å². The van der Waals surface area contributed by atoms with Crippen LogP contribution in [0.3, 0.4) is 0 Å². The molecule has 3 heterocycles. The zero-order valence-corrected chi connectivity index (χ0v) is 14.3. The third-order valence-corrected chi connectivity index (χ3v) is 5.15. The molecule has 1 amide bonds. The first kappa shape index (κ1) is 16.9. The van der Waals surface area contributed by atoms with Crippen molar-refractivity contribution in [2.75, 3.05) is 26.3 Å². The van der Waals surface area contributed by atoms with Gasteiger partial charge in [-0.2, -0.15) is 5.26 Å². The minimum atomic E-state index is -0.625. The van der Waals surface area contributed by atoms with Crippen LogP contribution in [0.5, 0.6) is 0 Å². The van der Waals surface area contributed by atoms with Gasteiger partial charge in [-0.1, -0.05) is 12.1 Å². The Bertz CT molecular complexity index is 803. The maximum atomic E-state index is 12.5. The molecule has 1 aromatic rings. The summed E-state index contributed by atoms with van der Waals surface area (Å²) in [5, 5.41) is 20.1. The van der Waals surface area contributed by atoms with Crippen molar-refractivity contribution in [3.05, 3.63) is 52.9 Å². The number of morpholine rings is 1. The fourth-order valence-electron chi connectivity index (χ4n) is 3.75. The largest absolute Gasteiger partial charge is 0.379 e. The molecule has 2 atom stereocenters. The third-order valence-electron chi connectivity index (χ3n) is 5.15. The highest BCUT2D eigenvalue weighted by atomic mass is 16.5. The summed E-state index contributed by atoms with van der Waals surface area (Å²) >= 11 is 0. The van der Waals surface area contributed by atoms with Crippen molar-refractivity contribution < 1.29 is 14.7 Å². The Morgan fingerprint density at radius 2 is 2.15 bits per heavy atom. The van der Waals surface area contributed by atoms with E-state index < -0.39 is 12.0 Å². The van der Waals surface area contributed by atoms with Crippen LogP contribution in [-0.2, 0) is 16.1 Å². The Hall–Kier alpha value is -2.53. The monoisotopic (exact) mass is 352 g/mol. The molecule has 0 spiro atoms. The number of hydrogen-bond donors (Lipinski definition) is 1. The fourth-order valence-corrected chi connectivity index (χ4v) is 3.75. The minimum Gasteiger partial charge on any atom is -0.379 e. The van der Waals surface area contributed by atoms with Gasteiger partial charge in [0.2, 0.25) is 0 Å². The van der Waals surface area contributed by atoms with Crippen LogP contribution in [0.2, 0.25) is 0 Å². The fraction of sp³-hybridized carbons (Fsp3) is 0.421. The van der Waals surface area contributed by atoms with Gasteiger partial charge in [-0.25, -0.2) is 5.06 Å². The topological polar surface area (TPSA) is 89.7 Å². The summed E-state index contributed by atoms with van der Waals surface area (Å²) in [6.45, 7) is 4.10. The Morgan fingerprint density at radius 3 is 2.85 bits per heavy atom. The van der Waals surface area contributed by atoms with Gasteiger partial charge in [0.05, 0.1) is 31.0 Å². The Balaban J connectivity index is 1.56. The van der Waals surface area contributed by atoms with E-state index in [-0.39, 0.29) is 5.91 Å². The molecule has 2 fully saturated rings. The van der Waals surface area contributed by atoms with Gasteiger partial charge in [-0.3, -0.25) is 19.9 Å². The van der Waals surface area contributed by atoms with E-state index >= 15 is 0 Å². The third kappa shape index (κ3) is 3.03. The SMILES string of the molecule is N#CC1=CCC2C(=C1)C(c1ccc(CN3CCOCC3)cn1)C(=O)N2O. The Labute approximate surface area is 151 Å². The van der Waals surface area contributed by atoms with Crippen LogP contribution in [0.1, 0.15) is 23.6 Å². The summed E-state index contributed by atoms with van der Waals surface area (Å²) in [6, 6.07) is 5.53. The number of aromatic nitrogens is 1. The number of hydrogen-bond acceptors (Lipinski definition) is 6. The number of rotatable bonds is 3. The molecule has 3 aliphatic rings. The predicted molar refractivity (Wildman–Crippen MR) is 91.9 cm³/mol. The molecule has 7 nitrogen and oxygen atoms in total. The average Bonchev–Trinajstić information content (AvgIpc) is 2.93. The molecular weight excluding hydrogens is 332 g/mol. The van der Waals surface area contributed by atoms with Crippen molar-refractivity contribution in [2.24, 2.45) is 0 Å². The molecule has 7 heteroatoms. The molecule has 2 aliphatic heterocycles. The van der Waals surface area contributed by atoms with Gasteiger partial charge < -0.3 is 4.74 Å². The van der Waals surface area contributed by atoms with E-state index in [2.05, 4.69) is 16.0 Å². The highest BCUT2D eigenvalue weighted by Gasteiger charge is 2.45. The first-order valence-corrected chi connectivity index (χ1v) is 8.76. The zero-order chi connectivity index (χ0) is 18.1. The molecule has 134 valence electrons. The lowest BCUT2D eigenvalue weighted by atomic mass is 9.87. The van der Waals surface area contributed by atoms with Gasteiger partial charge >= 0.3 is 0 Å². The molecule has 2 saturated heterocycles. The van der Waals surface area contributed by atoms with Crippen molar-refractivity contribution in [1.29, 1.82) is 5.26 Å². The molecule has 26 heavy (non-hydrogen) atoms. The predicted octanol–water partition coefficient (Wildman–Crippen LogP) is 1.38. The second-order valence-corrected chi connectivity index (χ2v) is 6.76. The molecule has 0 saturated carbocycles. The number of allylic oxidation sites excluding steroid dienone is 2. The minimum absolute atomic E-state index is 0.387. The van der Waals surface area contributed by atoms with Gasteiger partial charge in [0.25, 0.3) is 5.91 Å². The van der Waals surface area contributed by atoms with E-state index in [0.29, 0.717) is 17.7 Å². The number of amides is 1. The summed E-state index contributed by atoms with van der Waals surface area (Å²) in [5.74, 6) is -1.01. The number of nitriles is 1. The smallest absolute Gasteiger partial charge is 0.259 e. The summed E-state index contributed by atoms with van der Waals surface area (Å²) in [6.07, 6.45) is 5.68. The number of pyridine rings is 1. The van der Waals surface area contributed by atoms with Crippen LogP contribution >= 0.6 is 0 Å². The van der Waals surface area contributed by atoms with Gasteiger partial charge in [-0.05, 0) is 29.7 Å². The van der Waals surface area contributed by atoms with Crippen molar-refractivity contribution in [1.82, 2.24) is 14.9 Å². The van der Waals surface area contributed by atoms with Crippen molar-refractivity contribution in [3.8, 4) is 6.07 Å².